The van der Waals surface area contributed by atoms with Crippen molar-refractivity contribution in [3.63, 3.8) is 0 Å². The van der Waals surface area contributed by atoms with Crippen molar-refractivity contribution >= 4 is 17.5 Å². The van der Waals surface area contributed by atoms with Crippen LogP contribution in [0.5, 0.6) is 5.75 Å². The van der Waals surface area contributed by atoms with E-state index < -0.39 is 36.4 Å². The minimum Gasteiger partial charge on any atom is -0.494 e. The number of ether oxygens (including phenoxy) is 2. The molecular formula is C26H29ClN2O7. The molecule has 1 fully saturated rings. The number of carbonyl (C=O) groups is 1. The van der Waals surface area contributed by atoms with E-state index in [1.54, 1.807) is 18.2 Å². The number of carbonyl (C=O) groups excluding carboxylic acids is 1. The van der Waals surface area contributed by atoms with Gasteiger partial charge >= 0.3 is 5.91 Å². The van der Waals surface area contributed by atoms with Gasteiger partial charge in [0.25, 0.3) is 0 Å². The highest BCUT2D eigenvalue weighted by Gasteiger charge is 2.44. The highest BCUT2D eigenvalue weighted by Crippen LogP contribution is 2.34. The largest absolute Gasteiger partial charge is 0.494 e. The predicted octanol–water partition coefficient (Wildman–Crippen LogP) is 2.38. The summed E-state index contributed by atoms with van der Waals surface area (Å²) < 4.78 is 16.5. The van der Waals surface area contributed by atoms with Crippen LogP contribution in [0.25, 0.3) is 0 Å². The van der Waals surface area contributed by atoms with Crippen LogP contribution in [-0.4, -0.2) is 58.8 Å². The molecule has 4 rings (SSSR count). The number of hydrazine groups is 1. The standard InChI is InChI=1S/C26H29ClN2O7/c1-2-34-18-8-5-15(6-9-18)12-17-13-16(7-10-19(17)27)25-24(32)23(31)22(30)21(36-25)14-28-29-26(33)20-4-3-11-35-20/h3-11,13,21-25,28,30-32H,2,12,14H2,1H3,(H,29,33)/t21-,22-,23+,24-,25+/m1/s1. The lowest BCUT2D eigenvalue weighted by Crippen LogP contribution is -2.58. The summed E-state index contributed by atoms with van der Waals surface area (Å²) in [6, 6.07) is 16.0. The van der Waals surface area contributed by atoms with Crippen molar-refractivity contribution in [3.05, 3.63) is 88.3 Å². The Morgan fingerprint density at radius 1 is 1.06 bits per heavy atom. The number of hydrogen-bond donors (Lipinski definition) is 5. The number of rotatable bonds is 9. The van der Waals surface area contributed by atoms with E-state index in [9.17, 15) is 20.1 Å². The van der Waals surface area contributed by atoms with Gasteiger partial charge in [-0.05, 0) is 60.4 Å². The maximum absolute atomic E-state index is 12.0. The summed E-state index contributed by atoms with van der Waals surface area (Å²) in [5.74, 6) is 0.397. The molecule has 0 bridgehead atoms. The summed E-state index contributed by atoms with van der Waals surface area (Å²) >= 11 is 6.45. The van der Waals surface area contributed by atoms with Gasteiger partial charge in [0.05, 0.1) is 12.9 Å². The highest BCUT2D eigenvalue weighted by atomic mass is 35.5. The van der Waals surface area contributed by atoms with Gasteiger partial charge in [0, 0.05) is 11.6 Å². The fraction of sp³-hybridized carbons (Fsp3) is 0.346. The van der Waals surface area contributed by atoms with Crippen LogP contribution >= 0.6 is 11.6 Å². The van der Waals surface area contributed by atoms with Gasteiger partial charge < -0.3 is 29.2 Å². The van der Waals surface area contributed by atoms with Crippen molar-refractivity contribution in [3.8, 4) is 5.75 Å². The summed E-state index contributed by atoms with van der Waals surface area (Å²) in [5.41, 5.74) is 7.56. The molecule has 5 N–H and O–H groups in total. The molecule has 0 radical (unpaired) electrons. The maximum atomic E-state index is 12.0. The molecule has 1 aliphatic heterocycles. The van der Waals surface area contributed by atoms with Gasteiger partial charge in [-0.2, -0.15) is 0 Å². The molecule has 36 heavy (non-hydrogen) atoms. The Morgan fingerprint density at radius 3 is 2.53 bits per heavy atom. The fourth-order valence-electron chi connectivity index (χ4n) is 4.09. The van der Waals surface area contributed by atoms with Crippen LogP contribution in [-0.2, 0) is 11.2 Å². The van der Waals surface area contributed by atoms with Crippen molar-refractivity contribution in [1.82, 2.24) is 10.9 Å². The molecule has 9 nitrogen and oxygen atoms in total. The molecule has 2 aromatic carbocycles. The zero-order valence-electron chi connectivity index (χ0n) is 19.6. The van der Waals surface area contributed by atoms with Gasteiger partial charge in [-0.25, -0.2) is 5.43 Å². The lowest BCUT2D eigenvalue weighted by Gasteiger charge is -2.41. The highest BCUT2D eigenvalue weighted by molar-refractivity contribution is 6.31. The van der Waals surface area contributed by atoms with E-state index in [4.69, 9.17) is 25.5 Å². The molecule has 2 heterocycles. The van der Waals surface area contributed by atoms with Gasteiger partial charge in [0.2, 0.25) is 0 Å². The van der Waals surface area contributed by atoms with E-state index >= 15 is 0 Å². The molecule has 1 aromatic heterocycles. The van der Waals surface area contributed by atoms with Crippen LogP contribution in [0.3, 0.4) is 0 Å². The molecule has 1 saturated heterocycles. The predicted molar refractivity (Wildman–Crippen MR) is 132 cm³/mol. The van der Waals surface area contributed by atoms with E-state index in [2.05, 4.69) is 10.9 Å². The molecule has 0 saturated carbocycles. The van der Waals surface area contributed by atoms with E-state index in [0.717, 1.165) is 16.9 Å². The number of aliphatic hydroxyl groups excluding tert-OH is 3. The quantitative estimate of drug-likeness (QED) is 0.274. The lowest BCUT2D eigenvalue weighted by atomic mass is 9.90. The van der Waals surface area contributed by atoms with Crippen LogP contribution < -0.4 is 15.6 Å². The van der Waals surface area contributed by atoms with Gasteiger partial charge in [0.1, 0.15) is 36.3 Å². The van der Waals surface area contributed by atoms with E-state index in [-0.39, 0.29) is 12.3 Å². The van der Waals surface area contributed by atoms with Gasteiger partial charge in [-0.3, -0.25) is 10.2 Å². The van der Waals surface area contributed by atoms with Crippen LogP contribution in [0.15, 0.2) is 65.3 Å². The van der Waals surface area contributed by atoms with Crippen LogP contribution in [0, 0.1) is 0 Å². The van der Waals surface area contributed by atoms with E-state index in [0.29, 0.717) is 23.6 Å². The zero-order valence-corrected chi connectivity index (χ0v) is 20.4. The summed E-state index contributed by atoms with van der Waals surface area (Å²) in [5, 5.41) is 32.1. The number of halogens is 1. The summed E-state index contributed by atoms with van der Waals surface area (Å²) in [6.45, 7) is 2.49. The molecule has 5 atom stereocenters. The topological polar surface area (TPSA) is 133 Å². The number of aliphatic hydroxyl groups is 3. The Kier molecular flexibility index (Phi) is 8.63. The number of hydrogen-bond acceptors (Lipinski definition) is 8. The molecule has 1 amide bonds. The first-order chi connectivity index (χ1) is 17.4. The monoisotopic (exact) mass is 516 g/mol. The average molecular weight is 517 g/mol. The second-order valence-corrected chi connectivity index (χ2v) is 8.89. The Morgan fingerprint density at radius 2 is 1.83 bits per heavy atom. The Hall–Kier alpha value is -2.92. The molecule has 3 aromatic rings. The van der Waals surface area contributed by atoms with Crippen molar-refractivity contribution in [2.45, 2.75) is 43.9 Å². The summed E-state index contributed by atoms with van der Waals surface area (Å²) in [7, 11) is 0. The molecule has 192 valence electrons. The minimum atomic E-state index is -1.46. The number of benzene rings is 2. The smallest absolute Gasteiger partial charge is 0.301 e. The Labute approximate surface area is 213 Å². The minimum absolute atomic E-state index is 0.0273. The van der Waals surface area contributed by atoms with Gasteiger partial charge in [0.15, 0.2) is 5.76 Å². The number of furan rings is 1. The third kappa shape index (κ3) is 6.07. The number of nitrogens with one attached hydrogen (secondary N) is 2. The maximum Gasteiger partial charge on any atom is 0.301 e. The Balaban J connectivity index is 1.45. The lowest BCUT2D eigenvalue weighted by molar-refractivity contribution is -0.223. The SMILES string of the molecule is CCOc1ccc(Cc2cc([C@@H]3O[C@H](CNNC(=O)c4ccco4)[C@@H](O)[C@H](O)[C@H]3O)ccc2Cl)cc1. The first-order valence-electron chi connectivity index (χ1n) is 11.6. The zero-order chi connectivity index (χ0) is 25.7. The fourth-order valence-corrected chi connectivity index (χ4v) is 4.28. The first-order valence-corrected chi connectivity index (χ1v) is 12.0. The van der Waals surface area contributed by atoms with Gasteiger partial charge in [-0.1, -0.05) is 35.9 Å². The molecule has 0 spiro atoms. The average Bonchev–Trinajstić information content (AvgIpc) is 3.42. The first kappa shape index (κ1) is 26.2. The molecule has 0 aliphatic carbocycles. The summed E-state index contributed by atoms with van der Waals surface area (Å²) in [4.78, 5) is 12.0. The van der Waals surface area contributed by atoms with Gasteiger partial charge in [-0.15, -0.1) is 0 Å². The van der Waals surface area contributed by atoms with Crippen molar-refractivity contribution in [2.24, 2.45) is 0 Å². The molecule has 10 heteroatoms. The molecule has 1 aliphatic rings. The number of amides is 1. The van der Waals surface area contributed by atoms with E-state index in [1.807, 2.05) is 37.3 Å². The van der Waals surface area contributed by atoms with Crippen LogP contribution in [0.2, 0.25) is 5.02 Å². The van der Waals surface area contributed by atoms with Crippen molar-refractivity contribution in [2.75, 3.05) is 13.2 Å². The second kappa shape index (κ2) is 11.9. The van der Waals surface area contributed by atoms with Crippen molar-refractivity contribution in [1.29, 1.82) is 0 Å². The van der Waals surface area contributed by atoms with Crippen LogP contribution in [0.4, 0.5) is 0 Å². The summed E-state index contributed by atoms with van der Waals surface area (Å²) in [6.07, 6.45) is -4.13. The third-order valence-corrected chi connectivity index (χ3v) is 6.36. The second-order valence-electron chi connectivity index (χ2n) is 8.48. The van der Waals surface area contributed by atoms with Crippen molar-refractivity contribution < 1.29 is 34.0 Å². The van der Waals surface area contributed by atoms with Crippen LogP contribution in [0.1, 0.15) is 40.3 Å². The third-order valence-electron chi connectivity index (χ3n) is 5.99. The molecule has 0 unspecified atom stereocenters. The Bertz CT molecular complexity index is 1140. The van der Waals surface area contributed by atoms with E-state index in [1.165, 1.54) is 12.3 Å². The normalized spacial score (nSPS) is 23.9. The molecular weight excluding hydrogens is 488 g/mol.